The van der Waals surface area contributed by atoms with Crippen LogP contribution in [0.4, 0.5) is 10.1 Å². The molecule has 0 spiro atoms. The second kappa shape index (κ2) is 6.77. The first-order valence-corrected chi connectivity index (χ1v) is 9.91. The molecule has 1 N–H and O–H groups in total. The lowest BCUT2D eigenvalue weighted by Crippen LogP contribution is -2.33. The number of carbonyl (C=O) groups excluding carboxylic acids is 2. The minimum absolute atomic E-state index is 0.139. The minimum Gasteiger partial charge on any atom is -0.348 e. The first-order chi connectivity index (χ1) is 12.6. The van der Waals surface area contributed by atoms with Gasteiger partial charge in [-0.1, -0.05) is 18.2 Å². The quantitative estimate of drug-likeness (QED) is 0.869. The largest absolute Gasteiger partial charge is 0.348 e. The van der Waals surface area contributed by atoms with Gasteiger partial charge in [0.25, 0.3) is 5.91 Å². The Kier molecular flexibility index (Phi) is 4.77. The van der Waals surface area contributed by atoms with E-state index >= 15 is 0 Å². The third-order valence-electron chi connectivity index (χ3n) is 4.29. The van der Waals surface area contributed by atoms with Gasteiger partial charge in [0.15, 0.2) is 0 Å². The van der Waals surface area contributed by atoms with Crippen molar-refractivity contribution in [1.29, 1.82) is 0 Å². The number of carbonyl (C=O) groups is 2. The van der Waals surface area contributed by atoms with E-state index in [1.165, 1.54) is 36.4 Å². The van der Waals surface area contributed by atoms with E-state index in [9.17, 15) is 22.4 Å². The van der Waals surface area contributed by atoms with Crippen molar-refractivity contribution in [1.82, 2.24) is 5.32 Å². The fraction of sp³-hybridized carbons (Fsp3) is 0.263. The van der Waals surface area contributed by atoms with Gasteiger partial charge >= 0.3 is 0 Å². The Hall–Kier alpha value is -2.74. The summed E-state index contributed by atoms with van der Waals surface area (Å²) in [6.07, 6.45) is 0. The van der Waals surface area contributed by atoms with Crippen molar-refractivity contribution in [3.8, 4) is 0 Å². The van der Waals surface area contributed by atoms with Gasteiger partial charge in [-0.3, -0.25) is 9.59 Å². The van der Waals surface area contributed by atoms with Crippen LogP contribution in [0.2, 0.25) is 0 Å². The summed E-state index contributed by atoms with van der Waals surface area (Å²) in [6.45, 7) is 3.34. The molecule has 6 nitrogen and oxygen atoms in total. The van der Waals surface area contributed by atoms with E-state index in [4.69, 9.17) is 0 Å². The fourth-order valence-electron chi connectivity index (χ4n) is 2.92. The molecule has 1 fully saturated rings. The van der Waals surface area contributed by atoms with Gasteiger partial charge < -0.3 is 5.32 Å². The highest BCUT2D eigenvalue weighted by molar-refractivity contribution is 7.94. The molecule has 1 aliphatic heterocycles. The van der Waals surface area contributed by atoms with Crippen LogP contribution in [-0.4, -0.2) is 26.0 Å². The van der Waals surface area contributed by atoms with Gasteiger partial charge in [0.1, 0.15) is 5.82 Å². The number of hydrogen-bond acceptors (Lipinski definition) is 4. The predicted octanol–water partition coefficient (Wildman–Crippen LogP) is 2.46. The molecule has 27 heavy (non-hydrogen) atoms. The van der Waals surface area contributed by atoms with Gasteiger partial charge in [-0.25, -0.2) is 17.1 Å². The molecule has 0 aromatic heterocycles. The van der Waals surface area contributed by atoms with Crippen molar-refractivity contribution in [2.24, 2.45) is 5.41 Å². The summed E-state index contributed by atoms with van der Waals surface area (Å²) in [5.41, 5.74) is 0.0712. The van der Waals surface area contributed by atoms with E-state index in [2.05, 4.69) is 5.32 Å². The molecule has 2 amide bonds. The molecule has 8 heteroatoms. The number of sulfonamides is 1. The summed E-state index contributed by atoms with van der Waals surface area (Å²) in [5.74, 6) is -1.59. The average molecular weight is 390 g/mol. The van der Waals surface area contributed by atoms with Crippen LogP contribution in [-0.2, 0) is 21.4 Å². The van der Waals surface area contributed by atoms with Crippen LogP contribution < -0.4 is 9.62 Å². The molecular formula is C19H19FN2O4S. The molecule has 0 radical (unpaired) electrons. The monoisotopic (exact) mass is 390 g/mol. The number of rotatable bonds is 4. The summed E-state index contributed by atoms with van der Waals surface area (Å²) in [5, 5.41) is 2.69. The molecule has 1 saturated heterocycles. The van der Waals surface area contributed by atoms with Crippen molar-refractivity contribution >= 4 is 27.5 Å². The Labute approximate surface area is 157 Å². The van der Waals surface area contributed by atoms with Crippen LogP contribution in [0.5, 0.6) is 0 Å². The van der Waals surface area contributed by atoms with Crippen molar-refractivity contribution in [2.75, 3.05) is 10.1 Å². The molecule has 0 aliphatic carbocycles. The number of benzene rings is 2. The zero-order chi connectivity index (χ0) is 19.8. The molecule has 1 heterocycles. The lowest BCUT2D eigenvalue weighted by Gasteiger charge is -2.18. The smallest absolute Gasteiger partial charge is 0.251 e. The molecule has 1 aliphatic rings. The molecule has 142 valence electrons. The number of amides is 2. The number of nitrogens with zero attached hydrogens (tertiary/aromatic N) is 1. The van der Waals surface area contributed by atoms with Gasteiger partial charge in [-0.15, -0.1) is 0 Å². The van der Waals surface area contributed by atoms with Gasteiger partial charge in [0.05, 0.1) is 16.9 Å². The van der Waals surface area contributed by atoms with Crippen molar-refractivity contribution in [3.63, 3.8) is 0 Å². The maximum Gasteiger partial charge on any atom is 0.251 e. The second-order valence-electron chi connectivity index (χ2n) is 7.07. The van der Waals surface area contributed by atoms with Crippen LogP contribution in [0.25, 0.3) is 0 Å². The standard InChI is InChI=1S/C19H19FN2O4S/c1-19(2)12-27(25,26)22(18(19)24)16-5-3-4-14(10-16)17(23)21-11-13-6-8-15(20)9-7-13/h3-10H,11-12H2,1-2H3,(H,21,23). The van der Waals surface area contributed by atoms with Crippen molar-refractivity contribution < 1.29 is 22.4 Å². The number of hydrogen-bond donors (Lipinski definition) is 1. The topological polar surface area (TPSA) is 83.6 Å². The third-order valence-corrected chi connectivity index (χ3v) is 6.31. The predicted molar refractivity (Wildman–Crippen MR) is 99.1 cm³/mol. The third kappa shape index (κ3) is 3.85. The first-order valence-electron chi connectivity index (χ1n) is 8.30. The van der Waals surface area contributed by atoms with Gasteiger partial charge in [-0.2, -0.15) is 0 Å². The van der Waals surface area contributed by atoms with E-state index in [-0.39, 0.29) is 29.4 Å². The number of anilines is 1. The maximum atomic E-state index is 12.9. The summed E-state index contributed by atoms with van der Waals surface area (Å²) in [6, 6.07) is 11.6. The summed E-state index contributed by atoms with van der Waals surface area (Å²) >= 11 is 0. The van der Waals surface area contributed by atoms with E-state index < -0.39 is 27.3 Å². The molecule has 3 rings (SSSR count). The highest BCUT2D eigenvalue weighted by Gasteiger charge is 2.49. The fourth-order valence-corrected chi connectivity index (χ4v) is 5.02. The Balaban J connectivity index is 1.80. The number of halogens is 1. The van der Waals surface area contributed by atoms with E-state index in [0.29, 0.717) is 0 Å². The Morgan fingerprint density at radius 3 is 2.44 bits per heavy atom. The lowest BCUT2D eigenvalue weighted by atomic mass is 9.95. The minimum atomic E-state index is -3.78. The molecule has 2 aromatic carbocycles. The summed E-state index contributed by atoms with van der Waals surface area (Å²) < 4.78 is 38.5. The van der Waals surface area contributed by atoms with Gasteiger partial charge in [0, 0.05) is 12.1 Å². The maximum absolute atomic E-state index is 12.9. The average Bonchev–Trinajstić information content (AvgIpc) is 2.77. The first kappa shape index (κ1) is 19.0. The van der Waals surface area contributed by atoms with Crippen molar-refractivity contribution in [2.45, 2.75) is 20.4 Å². The van der Waals surface area contributed by atoms with Crippen molar-refractivity contribution in [3.05, 3.63) is 65.5 Å². The highest BCUT2D eigenvalue weighted by Crippen LogP contribution is 2.35. The molecule has 0 bridgehead atoms. The van der Waals surface area contributed by atoms with Crippen LogP contribution in [0.15, 0.2) is 48.5 Å². The zero-order valence-electron chi connectivity index (χ0n) is 14.9. The van der Waals surface area contributed by atoms with E-state index in [0.717, 1.165) is 9.87 Å². The second-order valence-corrected chi connectivity index (χ2v) is 8.89. The van der Waals surface area contributed by atoms with Crippen LogP contribution >= 0.6 is 0 Å². The molecule has 0 saturated carbocycles. The van der Waals surface area contributed by atoms with Crippen LogP contribution in [0, 0.1) is 11.2 Å². The highest BCUT2D eigenvalue weighted by atomic mass is 32.2. The van der Waals surface area contributed by atoms with Crippen LogP contribution in [0.1, 0.15) is 29.8 Å². The van der Waals surface area contributed by atoms with Crippen LogP contribution in [0.3, 0.4) is 0 Å². The Morgan fingerprint density at radius 1 is 1.19 bits per heavy atom. The van der Waals surface area contributed by atoms with E-state index in [1.807, 2.05) is 0 Å². The molecule has 0 atom stereocenters. The van der Waals surface area contributed by atoms with Gasteiger partial charge in [0.2, 0.25) is 15.9 Å². The molecular weight excluding hydrogens is 371 g/mol. The number of nitrogens with one attached hydrogen (secondary N) is 1. The zero-order valence-corrected chi connectivity index (χ0v) is 15.7. The molecule has 2 aromatic rings. The summed E-state index contributed by atoms with van der Waals surface area (Å²) in [7, 11) is -3.78. The Bertz CT molecular complexity index is 1000. The lowest BCUT2D eigenvalue weighted by molar-refractivity contribution is -0.123. The molecule has 0 unspecified atom stereocenters. The van der Waals surface area contributed by atoms with E-state index in [1.54, 1.807) is 26.0 Å². The SMILES string of the molecule is CC1(C)CS(=O)(=O)N(c2cccc(C(=O)NCc3ccc(F)cc3)c2)C1=O. The normalized spacial score (nSPS) is 17.7. The van der Waals surface area contributed by atoms with Gasteiger partial charge in [-0.05, 0) is 49.7 Å². The Morgan fingerprint density at radius 2 is 1.85 bits per heavy atom. The summed E-state index contributed by atoms with van der Waals surface area (Å²) in [4.78, 5) is 24.9.